The number of nitriles is 1. The van der Waals surface area contributed by atoms with Crippen molar-refractivity contribution in [2.24, 2.45) is 29.6 Å². The van der Waals surface area contributed by atoms with E-state index in [1.807, 2.05) is 12.1 Å². The summed E-state index contributed by atoms with van der Waals surface area (Å²) in [6, 6.07) is 8.21. The zero-order chi connectivity index (χ0) is 22.3. The average molecular weight is 413 g/mol. The van der Waals surface area contributed by atoms with Crippen LogP contribution in [0.3, 0.4) is 0 Å². The number of carbonyl (C=O) groups excluding carboxylic acids is 1. The van der Waals surface area contributed by atoms with Crippen LogP contribution in [0, 0.1) is 40.9 Å². The Morgan fingerprint density at radius 2 is 2.03 bits per heavy atom. The molecule has 0 aromatic heterocycles. The standard InChI is InChI=1S/C26H40N2O2/c1-6-8-10-19(7-2)16-30-26(29)22-12-9-11-21(25(22)28)24-20(17(3)4)14-13-18(5)23(24)15-27/h9,11-12,17-20,23-24H,6-8,10,13-14,16,28H2,1-5H3. The molecule has 30 heavy (non-hydrogen) atoms. The van der Waals surface area contributed by atoms with Crippen molar-refractivity contribution >= 4 is 11.7 Å². The van der Waals surface area contributed by atoms with Crippen LogP contribution in [-0.4, -0.2) is 12.6 Å². The minimum Gasteiger partial charge on any atom is -0.462 e. The van der Waals surface area contributed by atoms with Crippen LogP contribution in [0.5, 0.6) is 0 Å². The first-order chi connectivity index (χ1) is 14.3. The van der Waals surface area contributed by atoms with Crippen molar-refractivity contribution in [2.75, 3.05) is 12.3 Å². The highest BCUT2D eigenvalue weighted by atomic mass is 16.5. The Morgan fingerprint density at radius 3 is 2.63 bits per heavy atom. The van der Waals surface area contributed by atoms with Gasteiger partial charge < -0.3 is 10.5 Å². The van der Waals surface area contributed by atoms with Crippen LogP contribution in [0.2, 0.25) is 0 Å². The van der Waals surface area contributed by atoms with Gasteiger partial charge in [-0.15, -0.1) is 0 Å². The van der Waals surface area contributed by atoms with Crippen LogP contribution in [0.15, 0.2) is 18.2 Å². The third-order valence-electron chi connectivity index (χ3n) is 7.13. The number of esters is 1. The fourth-order valence-corrected chi connectivity index (χ4v) is 5.04. The molecular weight excluding hydrogens is 372 g/mol. The van der Waals surface area contributed by atoms with Crippen molar-refractivity contribution in [3.8, 4) is 6.07 Å². The van der Waals surface area contributed by atoms with Crippen LogP contribution in [0.25, 0.3) is 0 Å². The Bertz CT molecular complexity index is 737. The summed E-state index contributed by atoms with van der Waals surface area (Å²) in [5.41, 5.74) is 8.43. The number of para-hydroxylation sites is 1. The van der Waals surface area contributed by atoms with E-state index in [1.54, 1.807) is 6.07 Å². The van der Waals surface area contributed by atoms with E-state index in [-0.39, 0.29) is 17.8 Å². The molecule has 1 aliphatic rings. The largest absolute Gasteiger partial charge is 0.462 e. The van der Waals surface area contributed by atoms with E-state index in [1.165, 1.54) is 0 Å². The first kappa shape index (κ1) is 24.3. The predicted octanol–water partition coefficient (Wildman–Crippen LogP) is 6.57. The summed E-state index contributed by atoms with van der Waals surface area (Å²) in [7, 11) is 0. The first-order valence-electron chi connectivity index (χ1n) is 11.8. The lowest BCUT2D eigenvalue weighted by molar-refractivity contribution is 0.0429. The highest BCUT2D eigenvalue weighted by Crippen LogP contribution is 2.49. The number of carbonyl (C=O) groups is 1. The number of hydrogen-bond donors (Lipinski definition) is 1. The van der Waals surface area contributed by atoms with E-state index < -0.39 is 0 Å². The molecule has 4 nitrogen and oxygen atoms in total. The topological polar surface area (TPSA) is 76.1 Å². The maximum atomic E-state index is 12.9. The summed E-state index contributed by atoms with van der Waals surface area (Å²) in [5, 5.41) is 9.92. The number of hydrogen-bond acceptors (Lipinski definition) is 4. The first-order valence-corrected chi connectivity index (χ1v) is 11.8. The van der Waals surface area contributed by atoms with E-state index in [2.05, 4.69) is 40.7 Å². The summed E-state index contributed by atoms with van der Waals surface area (Å²) in [6.45, 7) is 11.4. The molecule has 0 saturated heterocycles. The summed E-state index contributed by atoms with van der Waals surface area (Å²) in [6.07, 6.45) is 6.54. The molecule has 5 unspecified atom stereocenters. The van der Waals surface area contributed by atoms with Gasteiger partial charge in [0.15, 0.2) is 0 Å². The molecule has 0 bridgehead atoms. The van der Waals surface area contributed by atoms with Crippen molar-refractivity contribution in [3.63, 3.8) is 0 Å². The highest BCUT2D eigenvalue weighted by Gasteiger charge is 2.41. The molecule has 1 aliphatic carbocycles. The van der Waals surface area contributed by atoms with Crippen molar-refractivity contribution in [1.82, 2.24) is 0 Å². The molecule has 0 radical (unpaired) electrons. The van der Waals surface area contributed by atoms with Crippen LogP contribution in [0.4, 0.5) is 5.69 Å². The van der Waals surface area contributed by atoms with Gasteiger partial charge in [0.2, 0.25) is 0 Å². The van der Waals surface area contributed by atoms with Gasteiger partial charge in [0.05, 0.1) is 24.2 Å². The van der Waals surface area contributed by atoms with E-state index >= 15 is 0 Å². The van der Waals surface area contributed by atoms with E-state index in [0.29, 0.717) is 41.5 Å². The quantitative estimate of drug-likeness (QED) is 0.368. The third kappa shape index (κ3) is 5.56. The van der Waals surface area contributed by atoms with Gasteiger partial charge in [0.1, 0.15) is 0 Å². The minimum absolute atomic E-state index is 0.0550. The molecule has 1 saturated carbocycles. The molecule has 1 aromatic rings. The molecular formula is C26H40N2O2. The molecule has 0 aliphatic heterocycles. The van der Waals surface area contributed by atoms with Gasteiger partial charge in [0.25, 0.3) is 0 Å². The number of nitrogens with zero attached hydrogens (tertiary/aromatic N) is 1. The fourth-order valence-electron chi connectivity index (χ4n) is 5.04. The van der Waals surface area contributed by atoms with Gasteiger partial charge in [-0.3, -0.25) is 0 Å². The summed E-state index contributed by atoms with van der Waals surface area (Å²) in [5.74, 6) is 1.19. The van der Waals surface area contributed by atoms with Gasteiger partial charge in [-0.1, -0.05) is 66.0 Å². The third-order valence-corrected chi connectivity index (χ3v) is 7.13. The Morgan fingerprint density at radius 1 is 1.30 bits per heavy atom. The van der Waals surface area contributed by atoms with E-state index in [9.17, 15) is 10.1 Å². The molecule has 2 rings (SSSR count). The number of nitrogens with two attached hydrogens (primary N) is 1. The second-order valence-electron chi connectivity index (χ2n) is 9.47. The second kappa shape index (κ2) is 11.4. The molecule has 0 amide bonds. The van der Waals surface area contributed by atoms with Crippen LogP contribution < -0.4 is 5.73 Å². The second-order valence-corrected chi connectivity index (χ2v) is 9.47. The molecule has 5 atom stereocenters. The Hall–Kier alpha value is -2.02. The Labute approximate surface area is 183 Å². The maximum Gasteiger partial charge on any atom is 0.340 e. The molecule has 1 aromatic carbocycles. The highest BCUT2D eigenvalue weighted by molar-refractivity contribution is 5.96. The number of rotatable bonds is 9. The molecule has 0 heterocycles. The van der Waals surface area contributed by atoms with Crippen molar-refractivity contribution < 1.29 is 9.53 Å². The molecule has 1 fully saturated rings. The molecule has 4 heteroatoms. The summed E-state index contributed by atoms with van der Waals surface area (Å²) >= 11 is 0. The number of anilines is 1. The number of ether oxygens (including phenoxy) is 1. The lowest BCUT2D eigenvalue weighted by Crippen LogP contribution is -2.34. The minimum atomic E-state index is -0.345. The molecule has 166 valence electrons. The monoisotopic (exact) mass is 412 g/mol. The zero-order valence-corrected chi connectivity index (χ0v) is 19.5. The van der Waals surface area contributed by atoms with Gasteiger partial charge in [-0.25, -0.2) is 4.79 Å². The number of benzene rings is 1. The number of nitrogen functional groups attached to an aromatic ring is 1. The van der Waals surface area contributed by atoms with Gasteiger partial charge in [-0.2, -0.15) is 5.26 Å². The van der Waals surface area contributed by atoms with Crippen molar-refractivity contribution in [3.05, 3.63) is 29.3 Å². The molecule has 0 spiro atoms. The summed E-state index contributed by atoms with van der Waals surface area (Å²) in [4.78, 5) is 12.9. The normalized spacial score (nSPS) is 25.0. The van der Waals surface area contributed by atoms with Crippen molar-refractivity contribution in [2.45, 2.75) is 79.1 Å². The van der Waals surface area contributed by atoms with Gasteiger partial charge in [0, 0.05) is 11.6 Å². The maximum absolute atomic E-state index is 12.9. The smallest absolute Gasteiger partial charge is 0.340 e. The van der Waals surface area contributed by atoms with Crippen molar-refractivity contribution in [1.29, 1.82) is 5.26 Å². The Kier molecular flexibility index (Phi) is 9.21. The van der Waals surface area contributed by atoms with Gasteiger partial charge >= 0.3 is 5.97 Å². The fraction of sp³-hybridized carbons (Fsp3) is 0.692. The van der Waals surface area contributed by atoms with E-state index in [0.717, 1.165) is 44.1 Å². The van der Waals surface area contributed by atoms with Crippen LogP contribution >= 0.6 is 0 Å². The Balaban J connectivity index is 2.28. The van der Waals surface area contributed by atoms with Crippen LogP contribution in [-0.2, 0) is 4.74 Å². The number of unbranched alkanes of at least 4 members (excludes halogenated alkanes) is 1. The molecule has 2 N–H and O–H groups in total. The lowest BCUT2D eigenvalue weighted by atomic mass is 9.62. The SMILES string of the molecule is CCCCC(CC)COC(=O)c1cccc(C2C(C#N)C(C)CCC2C(C)C)c1N. The zero-order valence-electron chi connectivity index (χ0n) is 19.5. The van der Waals surface area contributed by atoms with E-state index in [4.69, 9.17) is 10.5 Å². The average Bonchev–Trinajstić information content (AvgIpc) is 2.73. The predicted molar refractivity (Wildman–Crippen MR) is 123 cm³/mol. The van der Waals surface area contributed by atoms with Gasteiger partial charge in [-0.05, 0) is 54.6 Å². The lowest BCUT2D eigenvalue weighted by Gasteiger charge is -2.41. The summed E-state index contributed by atoms with van der Waals surface area (Å²) < 4.78 is 5.67. The van der Waals surface area contributed by atoms with Crippen LogP contribution in [0.1, 0.15) is 95.0 Å².